The number of morpholine rings is 1. The highest BCUT2D eigenvalue weighted by Gasteiger charge is 2.36. The minimum atomic E-state index is -0.209. The second-order valence-electron chi connectivity index (χ2n) is 10.3. The Morgan fingerprint density at radius 3 is 2.45 bits per heavy atom. The normalized spacial score (nSPS) is 19.3. The van der Waals surface area contributed by atoms with Crippen molar-refractivity contribution in [2.75, 3.05) is 77.6 Å². The first-order valence-electron chi connectivity index (χ1n) is 13.4. The zero-order chi connectivity index (χ0) is 26.6. The summed E-state index contributed by atoms with van der Waals surface area (Å²) in [5.41, 5.74) is 3.84. The Morgan fingerprint density at radius 1 is 0.895 bits per heavy atom. The summed E-state index contributed by atoms with van der Waals surface area (Å²) in [5.74, 6) is 0.495. The molecule has 0 aliphatic carbocycles. The third kappa shape index (κ3) is 5.78. The highest BCUT2D eigenvalue weighted by molar-refractivity contribution is 5.94. The monoisotopic (exact) mass is 520 g/mol. The van der Waals surface area contributed by atoms with Crippen molar-refractivity contribution in [1.29, 1.82) is 0 Å². The molecule has 3 amide bonds. The molecular formula is C29H36N4O5. The molecule has 0 aromatic heterocycles. The van der Waals surface area contributed by atoms with Gasteiger partial charge in [0, 0.05) is 76.5 Å². The van der Waals surface area contributed by atoms with E-state index >= 15 is 0 Å². The van der Waals surface area contributed by atoms with Crippen molar-refractivity contribution in [2.24, 2.45) is 5.92 Å². The fraction of sp³-hybridized carbons (Fsp3) is 0.483. The van der Waals surface area contributed by atoms with Crippen LogP contribution in [0.2, 0.25) is 0 Å². The first-order chi connectivity index (χ1) is 18.4. The number of anilines is 1. The molecule has 0 radical (unpaired) electrons. The Morgan fingerprint density at radius 2 is 1.68 bits per heavy atom. The quantitative estimate of drug-likeness (QED) is 0.602. The van der Waals surface area contributed by atoms with Crippen LogP contribution in [0.25, 0.3) is 0 Å². The van der Waals surface area contributed by atoms with Crippen molar-refractivity contribution in [2.45, 2.75) is 13.3 Å². The molecule has 0 saturated carbocycles. The number of amides is 3. The largest absolute Gasteiger partial charge is 0.491 e. The van der Waals surface area contributed by atoms with Gasteiger partial charge in [0.05, 0.1) is 25.7 Å². The van der Waals surface area contributed by atoms with E-state index in [2.05, 4.69) is 17.0 Å². The van der Waals surface area contributed by atoms with Crippen molar-refractivity contribution in [1.82, 2.24) is 14.7 Å². The number of nitrogens with zero attached hydrogens (tertiary/aromatic N) is 4. The molecule has 0 unspecified atom stereocenters. The smallest absolute Gasteiger partial charge is 0.253 e. The maximum absolute atomic E-state index is 13.3. The number of carbonyl (C=O) groups is 3. The van der Waals surface area contributed by atoms with Gasteiger partial charge >= 0.3 is 0 Å². The second kappa shape index (κ2) is 11.4. The van der Waals surface area contributed by atoms with Crippen molar-refractivity contribution < 1.29 is 23.9 Å². The van der Waals surface area contributed by atoms with Gasteiger partial charge in [-0.3, -0.25) is 14.4 Å². The molecule has 5 rings (SSSR count). The molecule has 2 aromatic carbocycles. The van der Waals surface area contributed by atoms with E-state index in [-0.39, 0.29) is 23.6 Å². The molecule has 9 heteroatoms. The molecule has 2 bridgehead atoms. The highest BCUT2D eigenvalue weighted by atomic mass is 16.5. The van der Waals surface area contributed by atoms with Crippen LogP contribution in [0.3, 0.4) is 0 Å². The molecule has 202 valence electrons. The van der Waals surface area contributed by atoms with Gasteiger partial charge in [0.25, 0.3) is 5.91 Å². The van der Waals surface area contributed by atoms with Gasteiger partial charge < -0.3 is 29.1 Å². The Kier molecular flexibility index (Phi) is 7.83. The maximum atomic E-state index is 13.3. The van der Waals surface area contributed by atoms with Crippen LogP contribution in [0.15, 0.2) is 42.5 Å². The fourth-order valence-electron chi connectivity index (χ4n) is 5.24. The lowest BCUT2D eigenvalue weighted by molar-refractivity contribution is -0.147. The lowest BCUT2D eigenvalue weighted by atomic mass is 9.98. The lowest BCUT2D eigenvalue weighted by Gasteiger charge is -2.40. The standard InChI is InChI=1S/C29H36N4O5/c1-21(34)33-19-25(20-33)29(36)32-9-8-30(2)28(35)23-5-3-4-22(16-23)17-24-18-26(31-10-13-37-14-11-31)6-7-27(24)38-15-12-32/h3-7,16,18,25H,8-15,17,19-20H2,1-2H3. The van der Waals surface area contributed by atoms with E-state index in [4.69, 9.17) is 9.47 Å². The highest BCUT2D eigenvalue weighted by Crippen LogP contribution is 2.29. The predicted molar refractivity (Wildman–Crippen MR) is 144 cm³/mol. The van der Waals surface area contributed by atoms with Crippen LogP contribution in [0.1, 0.15) is 28.4 Å². The van der Waals surface area contributed by atoms with Crippen LogP contribution in [0.4, 0.5) is 5.69 Å². The number of likely N-dealkylation sites (tertiary alicyclic amines) is 1. The molecule has 0 atom stereocenters. The van der Waals surface area contributed by atoms with Gasteiger partial charge in [0.2, 0.25) is 11.8 Å². The van der Waals surface area contributed by atoms with Crippen LogP contribution in [0.5, 0.6) is 5.75 Å². The van der Waals surface area contributed by atoms with Crippen LogP contribution in [-0.2, 0) is 20.7 Å². The van der Waals surface area contributed by atoms with E-state index in [1.165, 1.54) is 6.92 Å². The minimum absolute atomic E-state index is 0.00364. The molecule has 3 aliphatic heterocycles. The molecule has 38 heavy (non-hydrogen) atoms. The van der Waals surface area contributed by atoms with Gasteiger partial charge in [-0.1, -0.05) is 12.1 Å². The number of carbonyl (C=O) groups excluding carboxylic acids is 3. The molecule has 3 heterocycles. The Bertz CT molecular complexity index is 1190. The summed E-state index contributed by atoms with van der Waals surface area (Å²) in [7, 11) is 1.77. The maximum Gasteiger partial charge on any atom is 0.253 e. The van der Waals surface area contributed by atoms with E-state index < -0.39 is 0 Å². The summed E-state index contributed by atoms with van der Waals surface area (Å²) >= 11 is 0. The van der Waals surface area contributed by atoms with Crippen LogP contribution in [0, 0.1) is 5.92 Å². The van der Waals surface area contributed by atoms with Crippen molar-refractivity contribution in [3.8, 4) is 5.75 Å². The average molecular weight is 521 g/mol. The molecular weight excluding hydrogens is 484 g/mol. The third-order valence-corrected chi connectivity index (χ3v) is 7.65. The Hall–Kier alpha value is -3.59. The summed E-state index contributed by atoms with van der Waals surface area (Å²) in [5, 5.41) is 0. The number of rotatable bonds is 2. The number of ether oxygens (including phenoxy) is 2. The summed E-state index contributed by atoms with van der Waals surface area (Å²) in [6.07, 6.45) is 0.629. The van der Waals surface area contributed by atoms with Gasteiger partial charge in [0.1, 0.15) is 12.4 Å². The Labute approximate surface area is 223 Å². The van der Waals surface area contributed by atoms with E-state index in [1.54, 1.807) is 21.7 Å². The molecule has 2 aromatic rings. The SMILES string of the molecule is CC(=O)N1CC(C(=O)N2CCOc3ccc(N4CCOCC4)cc3Cc3cccc(c3)C(=O)N(C)CC2)C1. The zero-order valence-corrected chi connectivity index (χ0v) is 22.2. The van der Waals surface area contributed by atoms with E-state index in [0.717, 1.165) is 35.7 Å². The van der Waals surface area contributed by atoms with Crippen LogP contribution in [-0.4, -0.2) is 105 Å². The first kappa shape index (κ1) is 26.0. The van der Waals surface area contributed by atoms with Crippen LogP contribution >= 0.6 is 0 Å². The van der Waals surface area contributed by atoms with Gasteiger partial charge in [-0.25, -0.2) is 0 Å². The van der Waals surface area contributed by atoms with Crippen molar-refractivity contribution in [3.05, 3.63) is 59.2 Å². The number of hydrogen-bond acceptors (Lipinski definition) is 6. The predicted octanol–water partition coefficient (Wildman–Crippen LogP) is 1.89. The molecule has 3 aliphatic rings. The molecule has 2 fully saturated rings. The first-order valence-corrected chi connectivity index (χ1v) is 13.4. The van der Waals surface area contributed by atoms with Gasteiger partial charge in [-0.05, 0) is 35.9 Å². The van der Waals surface area contributed by atoms with E-state index in [9.17, 15) is 14.4 Å². The van der Waals surface area contributed by atoms with Gasteiger partial charge in [-0.15, -0.1) is 0 Å². The van der Waals surface area contributed by atoms with Gasteiger partial charge in [-0.2, -0.15) is 0 Å². The van der Waals surface area contributed by atoms with Gasteiger partial charge in [0.15, 0.2) is 0 Å². The second-order valence-corrected chi connectivity index (χ2v) is 10.3. The van der Waals surface area contributed by atoms with E-state index in [0.29, 0.717) is 64.5 Å². The van der Waals surface area contributed by atoms with Crippen molar-refractivity contribution in [3.63, 3.8) is 0 Å². The van der Waals surface area contributed by atoms with Crippen molar-refractivity contribution >= 4 is 23.4 Å². The number of benzene rings is 2. The molecule has 0 spiro atoms. The van der Waals surface area contributed by atoms with E-state index in [1.807, 2.05) is 30.3 Å². The number of fused-ring (bicyclic) bond motifs is 3. The summed E-state index contributed by atoms with van der Waals surface area (Å²) in [6, 6.07) is 14.0. The molecule has 9 nitrogen and oxygen atoms in total. The summed E-state index contributed by atoms with van der Waals surface area (Å²) in [6.45, 7) is 7.09. The summed E-state index contributed by atoms with van der Waals surface area (Å²) in [4.78, 5) is 45.5. The zero-order valence-electron chi connectivity index (χ0n) is 22.2. The minimum Gasteiger partial charge on any atom is -0.491 e. The lowest BCUT2D eigenvalue weighted by Crippen LogP contribution is -2.57. The fourth-order valence-corrected chi connectivity index (χ4v) is 5.24. The number of hydrogen-bond donors (Lipinski definition) is 0. The topological polar surface area (TPSA) is 82.6 Å². The summed E-state index contributed by atoms with van der Waals surface area (Å²) < 4.78 is 11.8. The third-order valence-electron chi connectivity index (χ3n) is 7.65. The molecule has 2 saturated heterocycles. The average Bonchev–Trinajstić information content (AvgIpc) is 2.89. The van der Waals surface area contributed by atoms with Crippen LogP contribution < -0.4 is 9.64 Å². The molecule has 0 N–H and O–H groups in total. The Balaban J connectivity index is 1.40. The number of likely N-dealkylation sites (N-methyl/N-ethyl adjacent to an activating group) is 1.